The predicted molar refractivity (Wildman–Crippen MR) is 151 cm³/mol. The summed E-state index contributed by atoms with van der Waals surface area (Å²) in [5.74, 6) is -0.105. The Labute approximate surface area is 228 Å². The van der Waals surface area contributed by atoms with Crippen molar-refractivity contribution in [3.63, 3.8) is 0 Å². The number of hydrogen-bond donors (Lipinski definition) is 0. The van der Waals surface area contributed by atoms with E-state index in [0.29, 0.717) is 44.6 Å². The lowest BCUT2D eigenvalue weighted by molar-refractivity contribution is 0.0785. The zero-order valence-corrected chi connectivity index (χ0v) is 22.0. The molecule has 0 bridgehead atoms. The van der Waals surface area contributed by atoms with Gasteiger partial charge < -0.3 is 4.90 Å². The summed E-state index contributed by atoms with van der Waals surface area (Å²) in [5, 5.41) is 1.39. The van der Waals surface area contributed by atoms with Crippen LogP contribution in [0, 0.1) is 5.82 Å². The third kappa shape index (κ3) is 5.49. The summed E-state index contributed by atoms with van der Waals surface area (Å²) in [5.41, 5.74) is 2.95. The monoisotopic (exact) mass is 543 g/mol. The zero-order valence-electron chi connectivity index (χ0n) is 20.5. The lowest BCUT2D eigenvalue weighted by Crippen LogP contribution is -2.26. The Morgan fingerprint density at radius 2 is 1.68 bits per heavy atom. The Hall–Kier alpha value is -3.94. The van der Waals surface area contributed by atoms with Crippen LogP contribution >= 0.6 is 23.4 Å². The van der Waals surface area contributed by atoms with Gasteiger partial charge in [0.2, 0.25) is 0 Å². The SMILES string of the molecule is CN(Cc1ccccc1)C(=O)c1ccc2c(=O)n(-c3ccc(F)cc3)c(SCc3ccccc3Cl)nc2c1. The van der Waals surface area contributed by atoms with Crippen molar-refractivity contribution in [3.05, 3.63) is 135 Å². The number of amides is 1. The Morgan fingerprint density at radius 1 is 0.974 bits per heavy atom. The molecule has 5 rings (SSSR count). The van der Waals surface area contributed by atoms with Gasteiger partial charge in [-0.1, -0.05) is 71.9 Å². The van der Waals surface area contributed by atoms with Crippen molar-refractivity contribution in [2.45, 2.75) is 17.5 Å². The first-order chi connectivity index (χ1) is 18.4. The molecular weight excluding hydrogens is 521 g/mol. The average molecular weight is 544 g/mol. The number of carbonyl (C=O) groups is 1. The first-order valence-corrected chi connectivity index (χ1v) is 13.3. The minimum absolute atomic E-state index is 0.175. The summed E-state index contributed by atoms with van der Waals surface area (Å²) in [4.78, 5) is 33.3. The number of nitrogens with zero attached hydrogens (tertiary/aromatic N) is 3. The fraction of sp³-hybridized carbons (Fsp3) is 0.100. The highest BCUT2D eigenvalue weighted by Crippen LogP contribution is 2.28. The van der Waals surface area contributed by atoms with E-state index in [1.54, 1.807) is 42.3 Å². The normalized spacial score (nSPS) is 11.0. The Bertz CT molecular complexity index is 1670. The molecule has 0 aliphatic rings. The second kappa shape index (κ2) is 11.2. The van der Waals surface area contributed by atoms with E-state index in [2.05, 4.69) is 0 Å². The van der Waals surface area contributed by atoms with Gasteiger partial charge in [-0.3, -0.25) is 14.2 Å². The van der Waals surface area contributed by atoms with Crippen LogP contribution in [0.5, 0.6) is 0 Å². The lowest BCUT2D eigenvalue weighted by Gasteiger charge is -2.18. The topological polar surface area (TPSA) is 55.2 Å². The van der Waals surface area contributed by atoms with E-state index >= 15 is 0 Å². The maximum Gasteiger partial charge on any atom is 0.266 e. The molecule has 4 aromatic carbocycles. The minimum atomic E-state index is -0.399. The van der Waals surface area contributed by atoms with Gasteiger partial charge in [0, 0.05) is 29.9 Å². The van der Waals surface area contributed by atoms with Crippen molar-refractivity contribution >= 4 is 40.2 Å². The molecule has 0 aliphatic heterocycles. The van der Waals surface area contributed by atoms with Crippen molar-refractivity contribution in [3.8, 4) is 5.69 Å². The quantitative estimate of drug-likeness (QED) is 0.168. The highest BCUT2D eigenvalue weighted by molar-refractivity contribution is 7.98. The Balaban J connectivity index is 1.55. The Kier molecular flexibility index (Phi) is 7.58. The summed E-state index contributed by atoms with van der Waals surface area (Å²) < 4.78 is 15.1. The van der Waals surface area contributed by atoms with Crippen LogP contribution in [-0.4, -0.2) is 27.4 Å². The predicted octanol–water partition coefficient (Wildman–Crippen LogP) is 6.74. The van der Waals surface area contributed by atoms with E-state index in [4.69, 9.17) is 16.6 Å². The minimum Gasteiger partial charge on any atom is -0.337 e. The molecule has 5 nitrogen and oxygen atoms in total. The van der Waals surface area contributed by atoms with E-state index < -0.39 is 5.82 Å². The number of carbonyl (C=O) groups excluding carboxylic acids is 1. The van der Waals surface area contributed by atoms with Crippen molar-refractivity contribution < 1.29 is 9.18 Å². The van der Waals surface area contributed by atoms with Crippen LogP contribution in [-0.2, 0) is 12.3 Å². The van der Waals surface area contributed by atoms with Gasteiger partial charge in [0.25, 0.3) is 11.5 Å². The molecule has 0 unspecified atom stereocenters. The third-order valence-electron chi connectivity index (χ3n) is 6.09. The van der Waals surface area contributed by atoms with Gasteiger partial charge in [0.15, 0.2) is 5.16 Å². The summed E-state index contributed by atoms with van der Waals surface area (Å²) >= 11 is 7.69. The summed E-state index contributed by atoms with van der Waals surface area (Å²) in [6, 6.07) is 27.8. The molecule has 0 saturated carbocycles. The van der Waals surface area contributed by atoms with Crippen molar-refractivity contribution in [2.75, 3.05) is 7.05 Å². The molecule has 190 valence electrons. The van der Waals surface area contributed by atoms with Crippen LogP contribution in [0.4, 0.5) is 4.39 Å². The van der Waals surface area contributed by atoms with Crippen LogP contribution in [0.3, 0.4) is 0 Å². The van der Waals surface area contributed by atoms with Crippen LogP contribution in [0.25, 0.3) is 16.6 Å². The van der Waals surface area contributed by atoms with E-state index in [1.165, 1.54) is 28.5 Å². The van der Waals surface area contributed by atoms with Gasteiger partial charge in [0.1, 0.15) is 5.82 Å². The Morgan fingerprint density at radius 3 is 2.42 bits per heavy atom. The molecular formula is C30H23ClFN3O2S. The standard InChI is InChI=1S/C30H23ClFN3O2S/c1-34(18-20-7-3-2-4-8-20)28(36)21-11-16-25-27(17-21)33-30(38-19-22-9-5-6-10-26(22)31)35(29(25)37)24-14-12-23(32)13-15-24/h2-17H,18-19H2,1H3. The van der Waals surface area contributed by atoms with Gasteiger partial charge in [-0.2, -0.15) is 0 Å². The van der Waals surface area contributed by atoms with Gasteiger partial charge >= 0.3 is 0 Å². The van der Waals surface area contributed by atoms with E-state index in [9.17, 15) is 14.0 Å². The number of aromatic nitrogens is 2. The number of halogens is 2. The molecule has 0 spiro atoms. The van der Waals surface area contributed by atoms with Crippen molar-refractivity contribution in [1.29, 1.82) is 0 Å². The number of fused-ring (bicyclic) bond motifs is 1. The van der Waals surface area contributed by atoms with Crippen LogP contribution < -0.4 is 5.56 Å². The highest BCUT2D eigenvalue weighted by atomic mass is 35.5. The molecule has 1 heterocycles. The lowest BCUT2D eigenvalue weighted by atomic mass is 10.1. The van der Waals surface area contributed by atoms with Crippen LogP contribution in [0.15, 0.2) is 107 Å². The zero-order chi connectivity index (χ0) is 26.6. The van der Waals surface area contributed by atoms with Crippen molar-refractivity contribution in [1.82, 2.24) is 14.5 Å². The number of thioether (sulfide) groups is 1. The molecule has 0 aliphatic carbocycles. The summed E-state index contributed by atoms with van der Waals surface area (Å²) in [6.45, 7) is 0.455. The highest BCUT2D eigenvalue weighted by Gasteiger charge is 2.18. The number of hydrogen-bond acceptors (Lipinski definition) is 4. The molecule has 0 radical (unpaired) electrons. The smallest absolute Gasteiger partial charge is 0.266 e. The largest absolute Gasteiger partial charge is 0.337 e. The number of rotatable bonds is 7. The van der Waals surface area contributed by atoms with Crippen LogP contribution in [0.1, 0.15) is 21.5 Å². The summed E-state index contributed by atoms with van der Waals surface area (Å²) in [6.07, 6.45) is 0. The molecule has 5 aromatic rings. The molecule has 1 aromatic heterocycles. The second-order valence-corrected chi connectivity index (χ2v) is 10.1. The van der Waals surface area contributed by atoms with E-state index in [1.807, 2.05) is 54.6 Å². The third-order valence-corrected chi connectivity index (χ3v) is 7.45. The molecule has 0 atom stereocenters. The van der Waals surface area contributed by atoms with E-state index in [0.717, 1.165) is 11.1 Å². The maximum absolute atomic E-state index is 13.7. The van der Waals surface area contributed by atoms with Gasteiger partial charge in [0.05, 0.1) is 16.6 Å². The number of benzene rings is 4. The van der Waals surface area contributed by atoms with Crippen molar-refractivity contribution in [2.24, 2.45) is 0 Å². The summed E-state index contributed by atoms with van der Waals surface area (Å²) in [7, 11) is 1.74. The first kappa shape index (κ1) is 25.7. The van der Waals surface area contributed by atoms with E-state index in [-0.39, 0.29) is 11.5 Å². The molecule has 0 fully saturated rings. The fourth-order valence-electron chi connectivity index (χ4n) is 4.12. The maximum atomic E-state index is 13.7. The van der Waals surface area contributed by atoms with Gasteiger partial charge in [-0.05, 0) is 59.7 Å². The van der Waals surface area contributed by atoms with Gasteiger partial charge in [-0.15, -0.1) is 0 Å². The van der Waals surface area contributed by atoms with Gasteiger partial charge in [-0.25, -0.2) is 9.37 Å². The van der Waals surface area contributed by atoms with Crippen LogP contribution in [0.2, 0.25) is 5.02 Å². The molecule has 38 heavy (non-hydrogen) atoms. The molecule has 0 N–H and O–H groups in total. The molecule has 8 heteroatoms. The average Bonchev–Trinajstić information content (AvgIpc) is 2.93. The fourth-order valence-corrected chi connectivity index (χ4v) is 5.42. The second-order valence-electron chi connectivity index (χ2n) is 8.77. The molecule has 1 amide bonds. The first-order valence-electron chi connectivity index (χ1n) is 11.9. The molecule has 0 saturated heterocycles.